The third kappa shape index (κ3) is 4.36. The Morgan fingerprint density at radius 3 is 2.77 bits per heavy atom. The van der Waals surface area contributed by atoms with E-state index in [0.29, 0.717) is 49.0 Å². The molecule has 3 heterocycles. The van der Waals surface area contributed by atoms with Gasteiger partial charge in [0.15, 0.2) is 5.76 Å². The van der Waals surface area contributed by atoms with E-state index in [1.807, 2.05) is 38.1 Å². The fourth-order valence-electron chi connectivity index (χ4n) is 3.59. The maximum atomic E-state index is 13.2. The summed E-state index contributed by atoms with van der Waals surface area (Å²) >= 11 is 1.29. The number of benzene rings is 1. The average Bonchev–Trinajstić information content (AvgIpc) is 3.39. The van der Waals surface area contributed by atoms with Gasteiger partial charge in [-0.3, -0.25) is 9.59 Å². The maximum Gasteiger partial charge on any atom is 0.289 e. The summed E-state index contributed by atoms with van der Waals surface area (Å²) in [6, 6.07) is 7.61. The lowest BCUT2D eigenvalue weighted by molar-refractivity contribution is -0.121. The van der Waals surface area contributed by atoms with Gasteiger partial charge in [-0.25, -0.2) is 0 Å². The van der Waals surface area contributed by atoms with Crippen molar-refractivity contribution in [3.8, 4) is 0 Å². The van der Waals surface area contributed by atoms with Gasteiger partial charge in [0.1, 0.15) is 11.1 Å². The van der Waals surface area contributed by atoms with Crippen molar-refractivity contribution in [2.45, 2.75) is 39.4 Å². The first-order valence-corrected chi connectivity index (χ1v) is 10.9. The standard InChI is InChI=1S/C21H24N4O4S/c1-13(2)28-11-16-15-5-3-4-6-17(15)29-18(16)20(27)25-9-7-14(8-10-25)19(26)23-21-24-22-12-30-21/h3-6,12-14H,7-11H2,1-2H3,(H,23,24,26). The Bertz CT molecular complexity index is 1020. The highest BCUT2D eigenvalue weighted by Gasteiger charge is 2.31. The molecule has 2 aromatic heterocycles. The topological polar surface area (TPSA) is 97.6 Å². The van der Waals surface area contributed by atoms with Gasteiger partial charge in [0.25, 0.3) is 5.91 Å². The molecule has 0 unspecified atom stereocenters. The molecule has 2 amide bonds. The molecule has 3 aromatic rings. The molecule has 0 atom stereocenters. The summed E-state index contributed by atoms with van der Waals surface area (Å²) in [5.41, 5.74) is 3.03. The zero-order valence-corrected chi connectivity index (χ0v) is 17.8. The van der Waals surface area contributed by atoms with Crippen molar-refractivity contribution < 1.29 is 18.7 Å². The highest BCUT2D eigenvalue weighted by Crippen LogP contribution is 2.29. The number of ether oxygens (including phenoxy) is 1. The molecular weight excluding hydrogens is 404 g/mol. The molecule has 9 heteroatoms. The Kier molecular flexibility index (Phi) is 6.10. The number of nitrogens with zero attached hydrogens (tertiary/aromatic N) is 3. The predicted octanol–water partition coefficient (Wildman–Crippen LogP) is 3.70. The van der Waals surface area contributed by atoms with Crippen molar-refractivity contribution >= 4 is 39.3 Å². The number of nitrogens with one attached hydrogen (secondary N) is 1. The summed E-state index contributed by atoms with van der Waals surface area (Å²) < 4.78 is 11.7. The van der Waals surface area contributed by atoms with Crippen LogP contribution in [0.15, 0.2) is 34.2 Å². The minimum Gasteiger partial charge on any atom is -0.451 e. The van der Waals surface area contributed by atoms with E-state index in [1.54, 1.807) is 10.4 Å². The second-order valence-electron chi connectivity index (χ2n) is 7.57. The van der Waals surface area contributed by atoms with Crippen LogP contribution in [-0.2, 0) is 16.1 Å². The Balaban J connectivity index is 1.45. The Morgan fingerprint density at radius 1 is 1.30 bits per heavy atom. The van der Waals surface area contributed by atoms with Crippen LogP contribution in [0.2, 0.25) is 0 Å². The molecule has 0 bridgehead atoms. The molecule has 0 saturated carbocycles. The second kappa shape index (κ2) is 8.93. The number of amides is 2. The normalized spacial score (nSPS) is 15.1. The van der Waals surface area contributed by atoms with E-state index in [-0.39, 0.29) is 23.8 Å². The first-order valence-electron chi connectivity index (χ1n) is 10.0. The van der Waals surface area contributed by atoms with Gasteiger partial charge in [0.2, 0.25) is 11.0 Å². The first-order chi connectivity index (χ1) is 14.5. The molecular formula is C21H24N4O4S. The molecule has 1 aliphatic heterocycles. The van der Waals surface area contributed by atoms with Crippen LogP contribution in [0.1, 0.15) is 42.8 Å². The van der Waals surface area contributed by atoms with E-state index in [9.17, 15) is 9.59 Å². The third-order valence-corrected chi connectivity index (χ3v) is 5.80. The van der Waals surface area contributed by atoms with Crippen LogP contribution in [0.3, 0.4) is 0 Å². The van der Waals surface area contributed by atoms with Gasteiger partial charge in [-0.2, -0.15) is 0 Å². The number of rotatable bonds is 6. The summed E-state index contributed by atoms with van der Waals surface area (Å²) in [5, 5.41) is 11.7. The van der Waals surface area contributed by atoms with Crippen molar-refractivity contribution in [3.05, 3.63) is 41.1 Å². The van der Waals surface area contributed by atoms with E-state index >= 15 is 0 Å². The highest BCUT2D eigenvalue weighted by atomic mass is 32.1. The van der Waals surface area contributed by atoms with Gasteiger partial charge in [0, 0.05) is 30.0 Å². The largest absolute Gasteiger partial charge is 0.451 e. The second-order valence-corrected chi connectivity index (χ2v) is 8.40. The lowest BCUT2D eigenvalue weighted by Gasteiger charge is -2.30. The SMILES string of the molecule is CC(C)OCc1c(C(=O)N2CCC(C(=O)Nc3nncs3)CC2)oc2ccccc12. The number of anilines is 1. The number of fused-ring (bicyclic) bond motifs is 1. The fourth-order valence-corrected chi connectivity index (χ4v) is 4.04. The molecule has 1 saturated heterocycles. The van der Waals surface area contributed by atoms with Crippen LogP contribution in [0.4, 0.5) is 5.13 Å². The molecule has 1 aliphatic rings. The summed E-state index contributed by atoms with van der Waals surface area (Å²) in [6.07, 6.45) is 1.23. The number of piperidine rings is 1. The minimum atomic E-state index is -0.156. The summed E-state index contributed by atoms with van der Waals surface area (Å²) in [4.78, 5) is 27.4. The first kappa shape index (κ1) is 20.5. The lowest BCUT2D eigenvalue weighted by atomic mass is 9.95. The number of carbonyl (C=O) groups excluding carboxylic acids is 2. The average molecular weight is 429 g/mol. The number of carbonyl (C=O) groups is 2. The zero-order valence-electron chi connectivity index (χ0n) is 17.0. The van der Waals surface area contributed by atoms with Crippen LogP contribution in [0.5, 0.6) is 0 Å². The van der Waals surface area contributed by atoms with Gasteiger partial charge in [0.05, 0.1) is 12.7 Å². The van der Waals surface area contributed by atoms with Crippen molar-refractivity contribution in [2.24, 2.45) is 5.92 Å². The Hall–Kier alpha value is -2.78. The van der Waals surface area contributed by atoms with Crippen LogP contribution >= 0.6 is 11.3 Å². The van der Waals surface area contributed by atoms with E-state index in [4.69, 9.17) is 9.15 Å². The molecule has 0 spiro atoms. The molecule has 30 heavy (non-hydrogen) atoms. The number of furan rings is 1. The maximum absolute atomic E-state index is 13.2. The number of para-hydroxylation sites is 1. The van der Waals surface area contributed by atoms with Gasteiger partial charge >= 0.3 is 0 Å². The van der Waals surface area contributed by atoms with Crippen LogP contribution in [0, 0.1) is 5.92 Å². The Labute approximate surface area is 178 Å². The Morgan fingerprint density at radius 2 is 2.07 bits per heavy atom. The van der Waals surface area contributed by atoms with E-state index in [0.717, 1.165) is 10.9 Å². The van der Waals surface area contributed by atoms with Crippen molar-refractivity contribution in [3.63, 3.8) is 0 Å². The third-order valence-electron chi connectivity index (χ3n) is 5.20. The molecule has 158 valence electrons. The molecule has 1 aromatic carbocycles. The molecule has 4 rings (SSSR count). The van der Waals surface area contributed by atoms with Crippen LogP contribution < -0.4 is 5.32 Å². The van der Waals surface area contributed by atoms with Gasteiger partial charge in [-0.1, -0.05) is 29.5 Å². The molecule has 1 fully saturated rings. The quantitative estimate of drug-likeness (QED) is 0.643. The monoisotopic (exact) mass is 428 g/mol. The molecule has 0 aliphatic carbocycles. The minimum absolute atomic E-state index is 0.0453. The summed E-state index contributed by atoms with van der Waals surface area (Å²) in [7, 11) is 0. The molecule has 1 N–H and O–H groups in total. The van der Waals surface area contributed by atoms with Gasteiger partial charge in [-0.15, -0.1) is 10.2 Å². The fraction of sp³-hybridized carbons (Fsp3) is 0.429. The van der Waals surface area contributed by atoms with E-state index in [2.05, 4.69) is 15.5 Å². The van der Waals surface area contributed by atoms with Crippen molar-refractivity contribution in [1.29, 1.82) is 0 Å². The smallest absolute Gasteiger partial charge is 0.289 e. The zero-order chi connectivity index (χ0) is 21.1. The van der Waals surface area contributed by atoms with Gasteiger partial charge < -0.3 is 19.4 Å². The van der Waals surface area contributed by atoms with E-state index < -0.39 is 0 Å². The predicted molar refractivity (Wildman–Crippen MR) is 113 cm³/mol. The highest BCUT2D eigenvalue weighted by molar-refractivity contribution is 7.13. The number of aromatic nitrogens is 2. The van der Waals surface area contributed by atoms with Crippen molar-refractivity contribution in [1.82, 2.24) is 15.1 Å². The molecule has 0 radical (unpaired) electrons. The van der Waals surface area contributed by atoms with E-state index in [1.165, 1.54) is 11.3 Å². The van der Waals surface area contributed by atoms with Crippen LogP contribution in [-0.4, -0.2) is 46.1 Å². The summed E-state index contributed by atoms with van der Waals surface area (Å²) in [5.74, 6) is -0.0591. The molecule has 8 nitrogen and oxygen atoms in total. The number of hydrogen-bond donors (Lipinski definition) is 1. The van der Waals surface area contributed by atoms with Crippen LogP contribution in [0.25, 0.3) is 11.0 Å². The number of likely N-dealkylation sites (tertiary alicyclic amines) is 1. The summed E-state index contributed by atoms with van der Waals surface area (Å²) in [6.45, 7) is 5.22. The lowest BCUT2D eigenvalue weighted by Crippen LogP contribution is -2.41. The number of hydrogen-bond acceptors (Lipinski definition) is 7. The van der Waals surface area contributed by atoms with Crippen molar-refractivity contribution in [2.75, 3.05) is 18.4 Å². The van der Waals surface area contributed by atoms with Gasteiger partial charge in [-0.05, 0) is 32.8 Å².